The number of hydrogen-bond donors (Lipinski definition) is 0. The third-order valence-corrected chi connectivity index (χ3v) is 3.38. The molecule has 0 bridgehead atoms. The number of aryl methyl sites for hydroxylation is 5. The summed E-state index contributed by atoms with van der Waals surface area (Å²) in [7, 11) is 0. The van der Waals surface area contributed by atoms with E-state index in [2.05, 4.69) is 45.7 Å². The lowest BCUT2D eigenvalue weighted by molar-refractivity contribution is 0.386. The van der Waals surface area contributed by atoms with Crippen molar-refractivity contribution in [2.24, 2.45) is 0 Å². The Morgan fingerprint density at radius 2 is 1.95 bits per heavy atom. The van der Waals surface area contributed by atoms with Gasteiger partial charge in [-0.05, 0) is 37.1 Å². The van der Waals surface area contributed by atoms with E-state index in [-0.39, 0.29) is 0 Å². The molecule has 5 heteroatoms. The Balaban J connectivity index is 1.87. The van der Waals surface area contributed by atoms with E-state index in [0.29, 0.717) is 5.89 Å². The first-order valence-corrected chi connectivity index (χ1v) is 6.35. The Kier molecular flexibility index (Phi) is 2.81. The maximum absolute atomic E-state index is 4.97. The highest BCUT2D eigenvalue weighted by atomic mass is 16.5. The molecule has 0 atom stereocenters. The molecule has 98 valence electrons. The Morgan fingerprint density at radius 1 is 1.16 bits per heavy atom. The molecule has 1 aromatic carbocycles. The zero-order valence-electron chi connectivity index (χ0n) is 11.3. The minimum atomic E-state index is 0.608. The summed E-state index contributed by atoms with van der Waals surface area (Å²) in [6.45, 7) is 6.83. The fourth-order valence-corrected chi connectivity index (χ4v) is 2.15. The predicted molar refractivity (Wildman–Crippen MR) is 71.9 cm³/mol. The summed E-state index contributed by atoms with van der Waals surface area (Å²) in [5, 5.41) is 3.91. The second kappa shape index (κ2) is 4.50. The number of aromatic nitrogens is 4. The SMILES string of the molecule is Cc1nc(CCn2cnc3cc(C)c(C)cc32)no1. The van der Waals surface area contributed by atoms with E-state index >= 15 is 0 Å². The number of benzene rings is 1. The van der Waals surface area contributed by atoms with Crippen molar-refractivity contribution in [3.63, 3.8) is 0 Å². The van der Waals surface area contributed by atoms with Crippen molar-refractivity contribution in [3.05, 3.63) is 41.3 Å². The van der Waals surface area contributed by atoms with Crippen molar-refractivity contribution < 1.29 is 4.52 Å². The molecule has 0 spiro atoms. The van der Waals surface area contributed by atoms with E-state index in [4.69, 9.17) is 4.52 Å². The summed E-state index contributed by atoms with van der Waals surface area (Å²) in [5.74, 6) is 1.35. The van der Waals surface area contributed by atoms with Crippen molar-refractivity contribution >= 4 is 11.0 Å². The van der Waals surface area contributed by atoms with Gasteiger partial charge in [0.15, 0.2) is 5.82 Å². The molecular weight excluding hydrogens is 240 g/mol. The number of rotatable bonds is 3. The molecule has 0 aliphatic carbocycles. The Hall–Kier alpha value is -2.17. The Morgan fingerprint density at radius 3 is 2.68 bits per heavy atom. The van der Waals surface area contributed by atoms with Crippen LogP contribution in [-0.4, -0.2) is 19.7 Å². The number of imidazole rings is 1. The quantitative estimate of drug-likeness (QED) is 0.722. The van der Waals surface area contributed by atoms with E-state index in [0.717, 1.165) is 29.8 Å². The molecule has 0 aliphatic heterocycles. The Labute approximate surface area is 111 Å². The molecule has 0 aliphatic rings. The van der Waals surface area contributed by atoms with Crippen LogP contribution in [0.25, 0.3) is 11.0 Å². The average molecular weight is 256 g/mol. The van der Waals surface area contributed by atoms with Crippen molar-refractivity contribution in [1.82, 2.24) is 19.7 Å². The minimum absolute atomic E-state index is 0.608. The lowest BCUT2D eigenvalue weighted by atomic mass is 10.1. The smallest absolute Gasteiger partial charge is 0.223 e. The van der Waals surface area contributed by atoms with Gasteiger partial charge in [-0.25, -0.2) is 4.98 Å². The first-order valence-electron chi connectivity index (χ1n) is 6.35. The van der Waals surface area contributed by atoms with Crippen molar-refractivity contribution in [1.29, 1.82) is 0 Å². The van der Waals surface area contributed by atoms with E-state index in [1.54, 1.807) is 6.92 Å². The molecule has 0 N–H and O–H groups in total. The fraction of sp³-hybridized carbons (Fsp3) is 0.357. The van der Waals surface area contributed by atoms with Crippen molar-refractivity contribution in [3.8, 4) is 0 Å². The molecular formula is C14H16N4O. The summed E-state index contributed by atoms with van der Waals surface area (Å²) in [5.41, 5.74) is 4.74. The van der Waals surface area contributed by atoms with Gasteiger partial charge in [-0.3, -0.25) is 0 Å². The standard InChI is InChI=1S/C14H16N4O/c1-9-6-12-13(7-10(9)2)18(8-15-12)5-4-14-16-11(3)19-17-14/h6-8H,4-5H2,1-3H3. The molecule has 2 heterocycles. The van der Waals surface area contributed by atoms with E-state index < -0.39 is 0 Å². The van der Waals surface area contributed by atoms with Crippen LogP contribution in [0.4, 0.5) is 0 Å². The third-order valence-electron chi connectivity index (χ3n) is 3.38. The summed E-state index contributed by atoms with van der Waals surface area (Å²) in [6.07, 6.45) is 2.62. The summed E-state index contributed by atoms with van der Waals surface area (Å²) in [4.78, 5) is 8.65. The molecule has 0 radical (unpaired) electrons. The summed E-state index contributed by atoms with van der Waals surface area (Å²) >= 11 is 0. The number of hydrogen-bond acceptors (Lipinski definition) is 4. The van der Waals surface area contributed by atoms with Crippen LogP contribution in [0.1, 0.15) is 22.8 Å². The minimum Gasteiger partial charge on any atom is -0.340 e. The number of fused-ring (bicyclic) bond motifs is 1. The second-order valence-corrected chi connectivity index (χ2v) is 4.84. The average Bonchev–Trinajstić information content (AvgIpc) is 2.95. The highest BCUT2D eigenvalue weighted by Crippen LogP contribution is 2.18. The van der Waals surface area contributed by atoms with Crippen LogP contribution in [0.2, 0.25) is 0 Å². The van der Waals surface area contributed by atoms with Gasteiger partial charge in [0, 0.05) is 19.9 Å². The third kappa shape index (κ3) is 2.23. The van der Waals surface area contributed by atoms with Gasteiger partial charge in [0.25, 0.3) is 0 Å². The molecule has 3 aromatic rings. The highest BCUT2D eigenvalue weighted by Gasteiger charge is 2.07. The maximum atomic E-state index is 4.97. The van der Waals surface area contributed by atoms with Gasteiger partial charge in [0.2, 0.25) is 5.89 Å². The van der Waals surface area contributed by atoms with Crippen LogP contribution < -0.4 is 0 Å². The van der Waals surface area contributed by atoms with Crippen LogP contribution in [0.15, 0.2) is 23.0 Å². The predicted octanol–water partition coefficient (Wildman–Crippen LogP) is 2.59. The fourth-order valence-electron chi connectivity index (χ4n) is 2.15. The molecule has 2 aromatic heterocycles. The first kappa shape index (κ1) is 11.9. The second-order valence-electron chi connectivity index (χ2n) is 4.84. The normalized spacial score (nSPS) is 11.3. The highest BCUT2D eigenvalue weighted by molar-refractivity contribution is 5.77. The van der Waals surface area contributed by atoms with Crippen LogP contribution in [0, 0.1) is 20.8 Å². The monoisotopic (exact) mass is 256 g/mol. The molecule has 0 unspecified atom stereocenters. The largest absolute Gasteiger partial charge is 0.340 e. The van der Waals surface area contributed by atoms with Gasteiger partial charge in [0.05, 0.1) is 17.4 Å². The lowest BCUT2D eigenvalue weighted by Gasteiger charge is -2.04. The molecule has 0 amide bonds. The Bertz CT molecular complexity index is 726. The molecule has 0 saturated heterocycles. The van der Waals surface area contributed by atoms with Gasteiger partial charge in [-0.1, -0.05) is 5.16 Å². The zero-order valence-corrected chi connectivity index (χ0v) is 11.3. The van der Waals surface area contributed by atoms with Gasteiger partial charge < -0.3 is 9.09 Å². The van der Waals surface area contributed by atoms with Crippen LogP contribution in [0.5, 0.6) is 0 Å². The zero-order chi connectivity index (χ0) is 13.4. The van der Waals surface area contributed by atoms with Crippen LogP contribution >= 0.6 is 0 Å². The molecule has 0 saturated carbocycles. The van der Waals surface area contributed by atoms with Crippen LogP contribution in [0.3, 0.4) is 0 Å². The van der Waals surface area contributed by atoms with Gasteiger partial charge in [0.1, 0.15) is 0 Å². The van der Waals surface area contributed by atoms with Gasteiger partial charge in [-0.2, -0.15) is 4.98 Å². The lowest BCUT2D eigenvalue weighted by Crippen LogP contribution is -2.01. The molecule has 19 heavy (non-hydrogen) atoms. The van der Waals surface area contributed by atoms with Gasteiger partial charge >= 0.3 is 0 Å². The van der Waals surface area contributed by atoms with Gasteiger partial charge in [-0.15, -0.1) is 0 Å². The van der Waals surface area contributed by atoms with E-state index in [1.165, 1.54) is 11.1 Å². The molecule has 5 nitrogen and oxygen atoms in total. The topological polar surface area (TPSA) is 56.7 Å². The summed E-state index contributed by atoms with van der Waals surface area (Å²) in [6, 6.07) is 4.30. The van der Waals surface area contributed by atoms with Crippen molar-refractivity contribution in [2.45, 2.75) is 33.7 Å². The maximum Gasteiger partial charge on any atom is 0.223 e. The summed E-state index contributed by atoms with van der Waals surface area (Å²) < 4.78 is 7.10. The van der Waals surface area contributed by atoms with E-state index in [9.17, 15) is 0 Å². The molecule has 0 fully saturated rings. The van der Waals surface area contributed by atoms with Crippen molar-refractivity contribution in [2.75, 3.05) is 0 Å². The molecule has 3 rings (SSSR count). The number of nitrogens with zero attached hydrogens (tertiary/aromatic N) is 4. The van der Waals surface area contributed by atoms with E-state index in [1.807, 2.05) is 6.33 Å². The van der Waals surface area contributed by atoms with Crippen LogP contribution in [-0.2, 0) is 13.0 Å². The first-order chi connectivity index (χ1) is 9.13.